The SMILES string of the molecule is C[C@@H]1Cc2cc(C(O)CN3CCC4(CC3)CN(c3ccc(C#N)cn3)C4)ccc2C(=O)O1. The number of esters is 1. The van der Waals surface area contributed by atoms with Gasteiger partial charge in [0.15, 0.2) is 0 Å². The van der Waals surface area contributed by atoms with Crippen molar-refractivity contribution in [2.75, 3.05) is 37.6 Å². The zero-order valence-corrected chi connectivity index (χ0v) is 18.3. The van der Waals surface area contributed by atoms with Crippen molar-refractivity contribution in [1.29, 1.82) is 5.26 Å². The molecular weight excluding hydrogens is 404 g/mol. The third-order valence-electron chi connectivity index (χ3n) is 7.15. The molecule has 2 aromatic rings. The number of aliphatic hydroxyl groups is 1. The summed E-state index contributed by atoms with van der Waals surface area (Å²) in [6.07, 6.45) is 3.86. The molecule has 4 heterocycles. The Hall–Kier alpha value is -2.95. The van der Waals surface area contributed by atoms with Crippen LogP contribution in [0, 0.1) is 16.7 Å². The number of fused-ring (bicyclic) bond motifs is 1. The van der Waals surface area contributed by atoms with E-state index in [4.69, 9.17) is 10.00 Å². The second-order valence-corrected chi connectivity index (χ2v) is 9.53. The van der Waals surface area contributed by atoms with Gasteiger partial charge < -0.3 is 19.6 Å². The van der Waals surface area contributed by atoms with Crippen LogP contribution in [-0.2, 0) is 11.2 Å². The number of benzene rings is 1. The van der Waals surface area contributed by atoms with Gasteiger partial charge in [0, 0.05) is 37.7 Å². The van der Waals surface area contributed by atoms with E-state index in [1.54, 1.807) is 12.3 Å². The molecule has 0 aliphatic carbocycles. The van der Waals surface area contributed by atoms with E-state index < -0.39 is 6.10 Å². The van der Waals surface area contributed by atoms with E-state index in [1.807, 2.05) is 31.2 Å². The molecule has 3 aliphatic heterocycles. The van der Waals surface area contributed by atoms with Crippen LogP contribution < -0.4 is 4.90 Å². The molecule has 166 valence electrons. The predicted octanol–water partition coefficient (Wildman–Crippen LogP) is 2.69. The minimum atomic E-state index is -0.566. The van der Waals surface area contributed by atoms with Gasteiger partial charge in [0.25, 0.3) is 0 Å². The molecule has 2 saturated heterocycles. The number of carbonyl (C=O) groups excluding carboxylic acids is 1. The number of cyclic esters (lactones) is 1. The normalized spacial score (nSPS) is 23.1. The first-order valence-electron chi connectivity index (χ1n) is 11.3. The lowest BCUT2D eigenvalue weighted by Crippen LogP contribution is -2.60. The fourth-order valence-corrected chi connectivity index (χ4v) is 5.23. The average molecular weight is 433 g/mol. The number of likely N-dealkylation sites (tertiary alicyclic amines) is 1. The number of nitrogens with zero attached hydrogens (tertiary/aromatic N) is 4. The summed E-state index contributed by atoms with van der Waals surface area (Å²) in [5.41, 5.74) is 3.37. The Bertz CT molecular complexity index is 1050. The maximum absolute atomic E-state index is 12.0. The van der Waals surface area contributed by atoms with Gasteiger partial charge in [-0.15, -0.1) is 0 Å². The first-order chi connectivity index (χ1) is 15.4. The molecule has 0 saturated carbocycles. The summed E-state index contributed by atoms with van der Waals surface area (Å²) in [4.78, 5) is 21.1. The molecule has 5 rings (SSSR count). The molecule has 1 aromatic heterocycles. The second-order valence-electron chi connectivity index (χ2n) is 9.53. The molecule has 0 radical (unpaired) electrons. The molecule has 1 spiro atoms. The smallest absolute Gasteiger partial charge is 0.338 e. The van der Waals surface area contributed by atoms with E-state index in [1.165, 1.54) is 0 Å². The second kappa shape index (κ2) is 8.19. The molecule has 0 bridgehead atoms. The minimum Gasteiger partial charge on any atom is -0.459 e. The Morgan fingerprint density at radius 1 is 1.28 bits per heavy atom. The lowest BCUT2D eigenvalue weighted by atomic mass is 9.72. The van der Waals surface area contributed by atoms with E-state index in [-0.39, 0.29) is 12.1 Å². The number of anilines is 1. The van der Waals surface area contributed by atoms with Crippen molar-refractivity contribution in [1.82, 2.24) is 9.88 Å². The molecule has 2 atom stereocenters. The van der Waals surface area contributed by atoms with Gasteiger partial charge in [-0.2, -0.15) is 5.26 Å². The van der Waals surface area contributed by atoms with E-state index in [0.717, 1.165) is 56.0 Å². The Morgan fingerprint density at radius 2 is 2.06 bits per heavy atom. The molecule has 32 heavy (non-hydrogen) atoms. The zero-order valence-electron chi connectivity index (χ0n) is 18.3. The number of aromatic nitrogens is 1. The molecule has 0 amide bonds. The van der Waals surface area contributed by atoms with Gasteiger partial charge in [-0.3, -0.25) is 0 Å². The number of aliphatic hydroxyl groups excluding tert-OH is 1. The number of carbonyl (C=O) groups is 1. The van der Waals surface area contributed by atoms with Gasteiger partial charge >= 0.3 is 5.97 Å². The van der Waals surface area contributed by atoms with Crippen LogP contribution in [0.25, 0.3) is 0 Å². The monoisotopic (exact) mass is 432 g/mol. The summed E-state index contributed by atoms with van der Waals surface area (Å²) in [7, 11) is 0. The highest BCUT2D eigenvalue weighted by atomic mass is 16.5. The zero-order chi connectivity index (χ0) is 22.3. The van der Waals surface area contributed by atoms with Crippen molar-refractivity contribution in [2.24, 2.45) is 5.41 Å². The van der Waals surface area contributed by atoms with Crippen molar-refractivity contribution in [3.8, 4) is 6.07 Å². The third kappa shape index (κ3) is 3.96. The highest BCUT2D eigenvalue weighted by molar-refractivity contribution is 5.92. The van der Waals surface area contributed by atoms with Gasteiger partial charge in [0.05, 0.1) is 17.2 Å². The first kappa shape index (κ1) is 20.9. The molecule has 3 aliphatic rings. The van der Waals surface area contributed by atoms with Gasteiger partial charge in [-0.05, 0) is 62.2 Å². The number of piperidine rings is 1. The van der Waals surface area contributed by atoms with Gasteiger partial charge in [0.1, 0.15) is 18.0 Å². The fourth-order valence-electron chi connectivity index (χ4n) is 5.23. The maximum atomic E-state index is 12.0. The number of β-amino-alcohol motifs (C(OH)–C–C–N with tert-alkyl or cyclic N) is 1. The number of pyridine rings is 1. The molecular formula is C25H28N4O3. The van der Waals surface area contributed by atoms with Crippen LogP contribution in [0.5, 0.6) is 0 Å². The third-order valence-corrected chi connectivity index (χ3v) is 7.15. The van der Waals surface area contributed by atoms with Crippen LogP contribution in [0.15, 0.2) is 36.5 Å². The van der Waals surface area contributed by atoms with Crippen molar-refractivity contribution >= 4 is 11.8 Å². The quantitative estimate of drug-likeness (QED) is 0.743. The largest absolute Gasteiger partial charge is 0.459 e. The summed E-state index contributed by atoms with van der Waals surface area (Å²) in [5, 5.41) is 19.8. The Morgan fingerprint density at radius 3 is 2.75 bits per heavy atom. The van der Waals surface area contributed by atoms with Gasteiger partial charge in [-0.25, -0.2) is 9.78 Å². The van der Waals surface area contributed by atoms with Crippen LogP contribution in [-0.4, -0.2) is 59.8 Å². The number of ether oxygens (including phenoxy) is 1. The van der Waals surface area contributed by atoms with E-state index >= 15 is 0 Å². The molecule has 2 fully saturated rings. The maximum Gasteiger partial charge on any atom is 0.338 e. The van der Waals surface area contributed by atoms with Crippen molar-refractivity contribution in [3.63, 3.8) is 0 Å². The number of rotatable bonds is 4. The number of hydrogen-bond acceptors (Lipinski definition) is 7. The average Bonchev–Trinajstić information content (AvgIpc) is 2.78. The number of nitriles is 1. The van der Waals surface area contributed by atoms with Crippen LogP contribution in [0.3, 0.4) is 0 Å². The van der Waals surface area contributed by atoms with Crippen molar-refractivity contribution in [3.05, 3.63) is 58.8 Å². The molecule has 7 nitrogen and oxygen atoms in total. The van der Waals surface area contributed by atoms with Gasteiger partial charge in [0.2, 0.25) is 0 Å². The number of hydrogen-bond donors (Lipinski definition) is 1. The van der Waals surface area contributed by atoms with Crippen LogP contribution in [0.2, 0.25) is 0 Å². The lowest BCUT2D eigenvalue weighted by Gasteiger charge is -2.54. The minimum absolute atomic E-state index is 0.123. The first-order valence-corrected chi connectivity index (χ1v) is 11.3. The highest BCUT2D eigenvalue weighted by Crippen LogP contribution is 2.42. The molecule has 1 N–H and O–H groups in total. The van der Waals surface area contributed by atoms with Crippen LogP contribution in [0.1, 0.15) is 52.9 Å². The Kier molecular flexibility index (Phi) is 5.36. The van der Waals surface area contributed by atoms with E-state index in [9.17, 15) is 9.90 Å². The van der Waals surface area contributed by atoms with E-state index in [0.29, 0.717) is 29.5 Å². The Balaban J connectivity index is 1.14. The standard InChI is InChI=1S/C25H28N4O3/c1-17-10-20-11-19(3-4-21(20)24(31)32-17)22(30)14-28-8-6-25(7-9-28)15-29(16-25)23-5-2-18(12-26)13-27-23/h2-5,11,13,17,22,30H,6-10,14-16H2,1H3/t17-,22?/m1/s1. The molecule has 1 unspecified atom stereocenters. The molecule has 1 aromatic carbocycles. The Labute approximate surface area is 188 Å². The fraction of sp³-hybridized carbons (Fsp3) is 0.480. The van der Waals surface area contributed by atoms with Crippen molar-refractivity contribution in [2.45, 2.75) is 38.4 Å². The van der Waals surface area contributed by atoms with Crippen LogP contribution in [0.4, 0.5) is 5.82 Å². The summed E-state index contributed by atoms with van der Waals surface area (Å²) in [6, 6.07) is 11.5. The predicted molar refractivity (Wildman–Crippen MR) is 119 cm³/mol. The van der Waals surface area contributed by atoms with Crippen LogP contribution >= 0.6 is 0 Å². The lowest BCUT2D eigenvalue weighted by molar-refractivity contribution is 0.0299. The molecule has 7 heteroatoms. The highest BCUT2D eigenvalue weighted by Gasteiger charge is 2.45. The topological polar surface area (TPSA) is 89.7 Å². The summed E-state index contributed by atoms with van der Waals surface area (Å²) in [5.74, 6) is 0.671. The van der Waals surface area contributed by atoms with Gasteiger partial charge in [-0.1, -0.05) is 12.1 Å². The summed E-state index contributed by atoms with van der Waals surface area (Å²) >= 11 is 0. The van der Waals surface area contributed by atoms with Crippen molar-refractivity contribution < 1.29 is 14.6 Å². The summed E-state index contributed by atoms with van der Waals surface area (Å²) in [6.45, 7) is 6.45. The van der Waals surface area contributed by atoms with E-state index in [2.05, 4.69) is 20.9 Å². The summed E-state index contributed by atoms with van der Waals surface area (Å²) < 4.78 is 5.29.